The van der Waals surface area contributed by atoms with E-state index >= 15 is 0 Å². The van der Waals surface area contributed by atoms with Crippen molar-refractivity contribution < 1.29 is 9.59 Å². The number of amides is 2. The zero-order chi connectivity index (χ0) is 15.5. The number of hydrogen-bond acceptors (Lipinski definition) is 3. The quantitative estimate of drug-likeness (QED) is 0.879. The molecule has 21 heavy (non-hydrogen) atoms. The average molecular weight is 306 g/mol. The maximum atomic E-state index is 11.8. The predicted octanol–water partition coefficient (Wildman–Crippen LogP) is 3.05. The molecule has 0 bridgehead atoms. The van der Waals surface area contributed by atoms with Gasteiger partial charge in [0.1, 0.15) is 0 Å². The maximum absolute atomic E-state index is 11.8. The lowest BCUT2D eigenvalue weighted by Crippen LogP contribution is -2.25. The van der Waals surface area contributed by atoms with Gasteiger partial charge >= 0.3 is 0 Å². The Morgan fingerprint density at radius 3 is 2.33 bits per heavy atom. The highest BCUT2D eigenvalue weighted by molar-refractivity contribution is 8.01. The molecule has 1 fully saturated rings. The van der Waals surface area contributed by atoms with Crippen LogP contribution in [-0.2, 0) is 4.79 Å². The van der Waals surface area contributed by atoms with Crippen LogP contribution in [0.2, 0.25) is 0 Å². The second-order valence-corrected chi connectivity index (χ2v) is 8.08. The van der Waals surface area contributed by atoms with E-state index in [2.05, 4.69) is 31.4 Å². The first kappa shape index (κ1) is 15.9. The molecule has 0 atom stereocenters. The fourth-order valence-corrected chi connectivity index (χ4v) is 2.32. The van der Waals surface area contributed by atoms with Crippen LogP contribution in [0.1, 0.15) is 44.0 Å². The van der Waals surface area contributed by atoms with Crippen LogP contribution in [0.5, 0.6) is 0 Å². The Kier molecular flexibility index (Phi) is 4.93. The largest absolute Gasteiger partial charge is 0.349 e. The summed E-state index contributed by atoms with van der Waals surface area (Å²) in [6.07, 6.45) is 2.15. The molecule has 1 aromatic rings. The minimum absolute atomic E-state index is 0.0230. The van der Waals surface area contributed by atoms with Gasteiger partial charge in [-0.1, -0.05) is 20.8 Å². The Morgan fingerprint density at radius 2 is 1.81 bits per heavy atom. The molecule has 0 heterocycles. The first-order chi connectivity index (χ1) is 9.83. The smallest absolute Gasteiger partial charge is 0.251 e. The summed E-state index contributed by atoms with van der Waals surface area (Å²) in [6, 6.07) is 7.36. The number of carbonyl (C=O) groups excluding carboxylic acids is 2. The fourth-order valence-electron chi connectivity index (χ4n) is 1.68. The van der Waals surface area contributed by atoms with Crippen LogP contribution in [0.15, 0.2) is 24.3 Å². The highest BCUT2D eigenvalue weighted by Gasteiger charge is 2.23. The van der Waals surface area contributed by atoms with Crippen LogP contribution in [0.3, 0.4) is 0 Å². The van der Waals surface area contributed by atoms with E-state index in [0.717, 1.165) is 18.5 Å². The Balaban J connectivity index is 1.83. The number of carbonyl (C=O) groups is 2. The topological polar surface area (TPSA) is 58.2 Å². The fraction of sp³-hybridized carbons (Fsp3) is 0.500. The zero-order valence-electron chi connectivity index (χ0n) is 12.7. The number of thioether (sulfide) groups is 1. The third-order valence-electron chi connectivity index (χ3n) is 2.98. The van der Waals surface area contributed by atoms with Gasteiger partial charge in [0.25, 0.3) is 5.91 Å². The third kappa shape index (κ3) is 5.79. The molecule has 2 rings (SSSR count). The number of rotatable bonds is 5. The summed E-state index contributed by atoms with van der Waals surface area (Å²) in [4.78, 5) is 23.7. The molecule has 0 aromatic heterocycles. The number of benzene rings is 1. The van der Waals surface area contributed by atoms with Gasteiger partial charge in [0.2, 0.25) is 5.91 Å². The van der Waals surface area contributed by atoms with Crippen molar-refractivity contribution >= 4 is 29.3 Å². The van der Waals surface area contributed by atoms with E-state index in [1.165, 1.54) is 0 Å². The van der Waals surface area contributed by atoms with Crippen molar-refractivity contribution in [2.24, 2.45) is 0 Å². The first-order valence-electron chi connectivity index (χ1n) is 7.18. The monoisotopic (exact) mass is 306 g/mol. The third-order valence-corrected chi connectivity index (χ3v) is 4.25. The molecule has 0 unspecified atom stereocenters. The summed E-state index contributed by atoms with van der Waals surface area (Å²) in [5.41, 5.74) is 1.35. The van der Waals surface area contributed by atoms with Gasteiger partial charge in [0.05, 0.1) is 5.75 Å². The van der Waals surface area contributed by atoms with E-state index in [1.807, 2.05) is 0 Å². The molecule has 1 aliphatic rings. The molecule has 1 saturated carbocycles. The molecular formula is C16H22N2O2S. The Hall–Kier alpha value is -1.49. The van der Waals surface area contributed by atoms with Gasteiger partial charge in [-0.05, 0) is 37.1 Å². The predicted molar refractivity (Wildman–Crippen MR) is 87.8 cm³/mol. The van der Waals surface area contributed by atoms with Crippen molar-refractivity contribution in [3.8, 4) is 0 Å². The van der Waals surface area contributed by atoms with Crippen molar-refractivity contribution in [2.75, 3.05) is 11.1 Å². The lowest BCUT2D eigenvalue weighted by Gasteiger charge is -2.17. The molecule has 5 heteroatoms. The highest BCUT2D eigenvalue weighted by atomic mass is 32.2. The number of hydrogen-bond donors (Lipinski definition) is 2. The molecule has 1 aromatic carbocycles. The Labute approximate surface area is 130 Å². The van der Waals surface area contributed by atoms with E-state index in [4.69, 9.17) is 0 Å². The van der Waals surface area contributed by atoms with E-state index in [1.54, 1.807) is 36.0 Å². The number of anilines is 1. The Morgan fingerprint density at radius 1 is 1.19 bits per heavy atom. The van der Waals surface area contributed by atoms with Gasteiger partial charge in [-0.2, -0.15) is 0 Å². The summed E-state index contributed by atoms with van der Waals surface area (Å²) in [5, 5.41) is 5.78. The second kappa shape index (κ2) is 6.52. The molecule has 4 nitrogen and oxygen atoms in total. The normalized spacial score (nSPS) is 14.6. The number of nitrogens with one attached hydrogen (secondary N) is 2. The van der Waals surface area contributed by atoms with Gasteiger partial charge in [0.15, 0.2) is 0 Å². The minimum atomic E-state index is -0.0429. The van der Waals surface area contributed by atoms with Crippen molar-refractivity contribution in [2.45, 2.75) is 44.4 Å². The van der Waals surface area contributed by atoms with Crippen LogP contribution < -0.4 is 10.6 Å². The van der Waals surface area contributed by atoms with Crippen LogP contribution in [0, 0.1) is 0 Å². The van der Waals surface area contributed by atoms with Crippen molar-refractivity contribution in [3.63, 3.8) is 0 Å². The molecule has 0 aliphatic heterocycles. The highest BCUT2D eigenvalue weighted by Crippen LogP contribution is 2.23. The van der Waals surface area contributed by atoms with Crippen LogP contribution in [-0.4, -0.2) is 28.4 Å². The van der Waals surface area contributed by atoms with Crippen molar-refractivity contribution in [1.29, 1.82) is 0 Å². The van der Waals surface area contributed by atoms with Crippen molar-refractivity contribution in [1.82, 2.24) is 5.32 Å². The summed E-state index contributed by atoms with van der Waals surface area (Å²) >= 11 is 1.61. The van der Waals surface area contributed by atoms with E-state index in [9.17, 15) is 9.59 Å². The van der Waals surface area contributed by atoms with E-state index in [0.29, 0.717) is 17.4 Å². The summed E-state index contributed by atoms with van der Waals surface area (Å²) in [7, 11) is 0. The first-order valence-corrected chi connectivity index (χ1v) is 8.17. The van der Waals surface area contributed by atoms with Gasteiger partial charge in [-0.25, -0.2) is 0 Å². The lowest BCUT2D eigenvalue weighted by atomic mass is 10.2. The minimum Gasteiger partial charge on any atom is -0.349 e. The van der Waals surface area contributed by atoms with Gasteiger partial charge in [0, 0.05) is 22.0 Å². The van der Waals surface area contributed by atoms with Crippen LogP contribution >= 0.6 is 11.8 Å². The second-order valence-electron chi connectivity index (χ2n) is 6.27. The molecule has 1 aliphatic carbocycles. The summed E-state index contributed by atoms with van der Waals surface area (Å²) < 4.78 is 0.0715. The van der Waals surface area contributed by atoms with Gasteiger partial charge in [-0.15, -0.1) is 11.8 Å². The van der Waals surface area contributed by atoms with E-state index < -0.39 is 0 Å². The van der Waals surface area contributed by atoms with Crippen LogP contribution in [0.4, 0.5) is 5.69 Å². The molecule has 2 amide bonds. The molecular weight excluding hydrogens is 284 g/mol. The van der Waals surface area contributed by atoms with E-state index in [-0.39, 0.29) is 16.6 Å². The summed E-state index contributed by atoms with van der Waals surface area (Å²) in [6.45, 7) is 6.24. The lowest BCUT2D eigenvalue weighted by molar-refractivity contribution is -0.113. The summed E-state index contributed by atoms with van der Waals surface area (Å²) in [5.74, 6) is 0.358. The SMILES string of the molecule is CC(C)(C)SCC(=O)Nc1ccc(C(=O)NC2CC2)cc1. The Bertz CT molecular complexity index is 516. The molecule has 0 saturated heterocycles. The molecule has 0 spiro atoms. The maximum Gasteiger partial charge on any atom is 0.251 e. The van der Waals surface area contributed by atoms with Gasteiger partial charge in [-0.3, -0.25) is 9.59 Å². The molecule has 2 N–H and O–H groups in total. The molecule has 114 valence electrons. The van der Waals surface area contributed by atoms with Gasteiger partial charge < -0.3 is 10.6 Å². The van der Waals surface area contributed by atoms with Crippen LogP contribution in [0.25, 0.3) is 0 Å². The average Bonchev–Trinajstić information content (AvgIpc) is 3.20. The van der Waals surface area contributed by atoms with Crippen molar-refractivity contribution in [3.05, 3.63) is 29.8 Å². The zero-order valence-corrected chi connectivity index (χ0v) is 13.5. The standard InChI is InChI=1S/C16H22N2O2S/c1-16(2,3)21-10-14(19)17-12-6-4-11(5-7-12)15(20)18-13-8-9-13/h4-7,13H,8-10H2,1-3H3,(H,17,19)(H,18,20). The molecule has 0 radical (unpaired) electrons.